The van der Waals surface area contributed by atoms with Crippen LogP contribution in [0.3, 0.4) is 0 Å². The molecule has 1 atom stereocenters. The number of halogens is 3. The van der Waals surface area contributed by atoms with Crippen LogP contribution in [0.2, 0.25) is 0 Å². The van der Waals surface area contributed by atoms with Crippen LogP contribution in [0.25, 0.3) is 0 Å². The van der Waals surface area contributed by atoms with E-state index in [-0.39, 0.29) is 5.56 Å². The van der Waals surface area contributed by atoms with Gasteiger partial charge in [-0.15, -0.1) is 0 Å². The van der Waals surface area contributed by atoms with Crippen molar-refractivity contribution < 1.29 is 22.5 Å². The molecule has 1 unspecified atom stereocenters. The first kappa shape index (κ1) is 12.0. The molecule has 0 aromatic carbocycles. The Hall–Kier alpha value is -1.10. The molecule has 0 saturated heterocycles. The van der Waals surface area contributed by atoms with Crippen molar-refractivity contribution in [2.45, 2.75) is 19.2 Å². The first-order chi connectivity index (χ1) is 6.86. The van der Waals surface area contributed by atoms with Crippen molar-refractivity contribution in [1.82, 2.24) is 0 Å². The Bertz CT molecular complexity index is 349. The van der Waals surface area contributed by atoms with E-state index in [1.54, 1.807) is 17.7 Å². The summed E-state index contributed by atoms with van der Waals surface area (Å²) < 4.78 is 43.6. The first-order valence-electron chi connectivity index (χ1n) is 4.42. The van der Waals surface area contributed by atoms with Crippen LogP contribution in [0.4, 0.5) is 13.2 Å². The number of hydrogen-bond acceptors (Lipinski definition) is 1. The van der Waals surface area contributed by atoms with Crippen molar-refractivity contribution in [3.8, 4) is 0 Å². The first-order valence-corrected chi connectivity index (χ1v) is 4.42. The van der Waals surface area contributed by atoms with Crippen molar-refractivity contribution in [3.63, 3.8) is 0 Å². The topological polar surface area (TPSA) is 13.1 Å². The molecule has 1 aromatic rings. The second-order valence-corrected chi connectivity index (χ2v) is 3.37. The van der Waals surface area contributed by atoms with Gasteiger partial charge in [-0.1, -0.05) is 0 Å². The van der Waals surface area contributed by atoms with E-state index in [0.29, 0.717) is 0 Å². The Morgan fingerprint density at radius 3 is 2.33 bits per heavy atom. The molecule has 1 rings (SSSR count). The Morgan fingerprint density at radius 1 is 1.33 bits per heavy atom. The maximum Gasteiger partial charge on any atom is 0.419 e. The molecule has 0 radical (unpaired) electrons. The molecule has 1 heterocycles. The zero-order valence-electron chi connectivity index (χ0n) is 8.80. The molecule has 0 amide bonds. The fourth-order valence-corrected chi connectivity index (χ4v) is 1.32. The van der Waals surface area contributed by atoms with Gasteiger partial charge in [0.05, 0.1) is 5.56 Å². The fourth-order valence-electron chi connectivity index (χ4n) is 1.32. The van der Waals surface area contributed by atoms with E-state index in [4.69, 9.17) is 0 Å². The zero-order valence-corrected chi connectivity index (χ0v) is 8.80. The predicted molar refractivity (Wildman–Crippen MR) is 48.2 cm³/mol. The average Bonchev–Trinajstić information content (AvgIpc) is 2.10. The van der Waals surface area contributed by atoms with Crippen LogP contribution in [0.1, 0.15) is 17.4 Å². The Kier molecular flexibility index (Phi) is 3.34. The summed E-state index contributed by atoms with van der Waals surface area (Å²) in [5.74, 6) is 0. The molecule has 0 aliphatic carbocycles. The van der Waals surface area contributed by atoms with Gasteiger partial charge in [-0.2, -0.15) is 13.2 Å². The van der Waals surface area contributed by atoms with Gasteiger partial charge >= 0.3 is 6.18 Å². The molecule has 0 aliphatic rings. The average molecular weight is 220 g/mol. The molecule has 0 aliphatic heterocycles. The SMILES string of the molecule is COC(c1ccc(C)[n+](C)c1)C(F)(F)F. The summed E-state index contributed by atoms with van der Waals surface area (Å²) in [7, 11) is 2.75. The Balaban J connectivity index is 3.08. The highest BCUT2D eigenvalue weighted by Gasteiger charge is 2.42. The maximum absolute atomic E-state index is 12.5. The van der Waals surface area contributed by atoms with Crippen LogP contribution < -0.4 is 4.57 Å². The monoisotopic (exact) mass is 220 g/mol. The molecule has 15 heavy (non-hydrogen) atoms. The van der Waals surface area contributed by atoms with Crippen molar-refractivity contribution >= 4 is 0 Å². The largest absolute Gasteiger partial charge is 0.419 e. The molecule has 0 N–H and O–H groups in total. The predicted octanol–water partition coefficient (Wildman–Crippen LogP) is 2.07. The fraction of sp³-hybridized carbons (Fsp3) is 0.500. The van der Waals surface area contributed by atoms with Gasteiger partial charge < -0.3 is 4.74 Å². The number of nitrogens with zero attached hydrogens (tertiary/aromatic N) is 1. The Morgan fingerprint density at radius 2 is 1.93 bits per heavy atom. The van der Waals surface area contributed by atoms with E-state index < -0.39 is 12.3 Å². The van der Waals surface area contributed by atoms with E-state index in [1.807, 2.05) is 6.92 Å². The standard InChI is InChI=1S/C10H13F3NO/c1-7-4-5-8(6-14(7)2)9(15-3)10(11,12)13/h4-6,9H,1-3H3/q+1. The third-order valence-corrected chi connectivity index (χ3v) is 2.25. The lowest BCUT2D eigenvalue weighted by molar-refractivity contribution is -0.678. The molecule has 2 nitrogen and oxygen atoms in total. The number of aromatic nitrogens is 1. The van der Waals surface area contributed by atoms with Gasteiger partial charge in [0.15, 0.2) is 18.0 Å². The number of rotatable bonds is 2. The number of ether oxygens (including phenoxy) is 1. The molecule has 0 fully saturated rings. The summed E-state index contributed by atoms with van der Waals surface area (Å²) in [6.07, 6.45) is -4.81. The van der Waals surface area contributed by atoms with E-state index in [1.165, 1.54) is 12.3 Å². The van der Waals surface area contributed by atoms with Crippen molar-refractivity contribution in [3.05, 3.63) is 29.6 Å². The molecule has 0 saturated carbocycles. The van der Waals surface area contributed by atoms with Crippen molar-refractivity contribution in [2.24, 2.45) is 7.05 Å². The molecule has 5 heteroatoms. The van der Waals surface area contributed by atoms with Gasteiger partial charge in [-0.3, -0.25) is 0 Å². The number of methoxy groups -OCH3 is 1. The summed E-state index contributed by atoms with van der Waals surface area (Å²) in [4.78, 5) is 0. The molecule has 0 bridgehead atoms. The Labute approximate surface area is 86.3 Å². The minimum atomic E-state index is -4.38. The molecule has 0 spiro atoms. The molecule has 1 aromatic heterocycles. The number of hydrogen-bond donors (Lipinski definition) is 0. The summed E-state index contributed by atoms with van der Waals surface area (Å²) in [5.41, 5.74) is 0.994. The van der Waals surface area contributed by atoms with Crippen LogP contribution in [0, 0.1) is 6.92 Å². The highest BCUT2D eigenvalue weighted by atomic mass is 19.4. The van der Waals surface area contributed by atoms with E-state index in [9.17, 15) is 13.2 Å². The van der Waals surface area contributed by atoms with Gasteiger partial charge in [0.1, 0.15) is 7.05 Å². The molecular formula is C10H13F3NO+. The van der Waals surface area contributed by atoms with Crippen LogP contribution in [0.15, 0.2) is 18.3 Å². The third-order valence-electron chi connectivity index (χ3n) is 2.25. The number of pyridine rings is 1. The third kappa shape index (κ3) is 2.68. The van der Waals surface area contributed by atoms with Crippen LogP contribution in [-0.2, 0) is 11.8 Å². The highest BCUT2D eigenvalue weighted by Crippen LogP contribution is 2.34. The van der Waals surface area contributed by atoms with Gasteiger partial charge in [-0.05, 0) is 6.07 Å². The summed E-state index contributed by atoms with van der Waals surface area (Å²) in [5, 5.41) is 0. The quantitative estimate of drug-likeness (QED) is 0.695. The summed E-state index contributed by atoms with van der Waals surface area (Å²) in [6, 6.07) is 3.06. The van der Waals surface area contributed by atoms with Gasteiger partial charge in [0.25, 0.3) is 0 Å². The number of alkyl halides is 3. The lowest BCUT2D eigenvalue weighted by Gasteiger charge is -2.17. The minimum absolute atomic E-state index is 0.109. The van der Waals surface area contributed by atoms with Gasteiger partial charge in [0.2, 0.25) is 0 Å². The zero-order chi connectivity index (χ0) is 11.6. The second-order valence-electron chi connectivity index (χ2n) is 3.37. The van der Waals surface area contributed by atoms with Gasteiger partial charge in [-0.25, -0.2) is 4.57 Å². The second kappa shape index (κ2) is 4.18. The minimum Gasteiger partial charge on any atom is -0.367 e. The van der Waals surface area contributed by atoms with E-state index >= 15 is 0 Å². The smallest absolute Gasteiger partial charge is 0.367 e. The van der Waals surface area contributed by atoms with Crippen LogP contribution in [0.5, 0.6) is 0 Å². The van der Waals surface area contributed by atoms with Crippen molar-refractivity contribution in [1.29, 1.82) is 0 Å². The van der Waals surface area contributed by atoms with Crippen molar-refractivity contribution in [2.75, 3.05) is 7.11 Å². The van der Waals surface area contributed by atoms with Crippen LogP contribution >= 0.6 is 0 Å². The normalized spacial score (nSPS) is 14.0. The molecular weight excluding hydrogens is 207 g/mol. The highest BCUT2D eigenvalue weighted by molar-refractivity contribution is 5.13. The lowest BCUT2D eigenvalue weighted by Crippen LogP contribution is -2.34. The van der Waals surface area contributed by atoms with E-state index in [2.05, 4.69) is 4.74 Å². The maximum atomic E-state index is 12.5. The summed E-state index contributed by atoms with van der Waals surface area (Å²) >= 11 is 0. The summed E-state index contributed by atoms with van der Waals surface area (Å²) in [6.45, 7) is 1.82. The van der Waals surface area contributed by atoms with E-state index in [0.717, 1.165) is 12.8 Å². The van der Waals surface area contributed by atoms with Gasteiger partial charge in [0, 0.05) is 20.1 Å². The molecule has 84 valence electrons. The van der Waals surface area contributed by atoms with Crippen LogP contribution in [-0.4, -0.2) is 13.3 Å². The number of aryl methyl sites for hydroxylation is 2. The lowest BCUT2D eigenvalue weighted by atomic mass is 10.1.